The summed E-state index contributed by atoms with van der Waals surface area (Å²) in [4.78, 5) is 16.5. The van der Waals surface area contributed by atoms with E-state index >= 15 is 0 Å². The summed E-state index contributed by atoms with van der Waals surface area (Å²) < 4.78 is 13.5. The lowest BCUT2D eigenvalue weighted by molar-refractivity contribution is 0.0958. The van der Waals surface area contributed by atoms with E-state index in [0.29, 0.717) is 17.8 Å². The number of fused-ring (bicyclic) bond motifs is 2. The topological polar surface area (TPSA) is 54.0 Å². The molecule has 1 aromatic heterocycles. The number of rotatable bonds is 3. The molecule has 2 heterocycles. The number of carbonyl (C=O) groups excluding carboxylic acids is 1. The molecule has 29 heavy (non-hydrogen) atoms. The molecule has 0 spiro atoms. The number of hydrogen-bond acceptors (Lipinski definition) is 2. The molecule has 5 atom stereocenters. The average Bonchev–Trinajstić information content (AvgIpc) is 3.11. The van der Waals surface area contributed by atoms with E-state index < -0.39 is 0 Å². The Kier molecular flexibility index (Phi) is 4.82. The van der Waals surface area contributed by atoms with Crippen LogP contribution in [0.4, 0.5) is 9.18 Å². The lowest BCUT2D eigenvalue weighted by Gasteiger charge is -2.45. The van der Waals surface area contributed by atoms with Crippen LogP contribution >= 0.6 is 0 Å². The van der Waals surface area contributed by atoms with Gasteiger partial charge in [-0.05, 0) is 54.5 Å². The van der Waals surface area contributed by atoms with Crippen molar-refractivity contribution in [1.82, 2.24) is 15.6 Å². The summed E-state index contributed by atoms with van der Waals surface area (Å²) in [5.74, 6) is 1.42. The predicted molar refractivity (Wildman–Crippen MR) is 120 cm³/mol. The van der Waals surface area contributed by atoms with Gasteiger partial charge in [0.05, 0.1) is 17.8 Å². The largest absolute Gasteiger partial charge is 0.333 e. The number of pyridine rings is 1. The third-order valence-corrected chi connectivity index (χ3v) is 6.91. The normalized spacial score (nSPS) is 31.1. The summed E-state index contributed by atoms with van der Waals surface area (Å²) in [7, 11) is 0. The number of nitrogens with one attached hydrogen (secondary N) is 2. The summed E-state index contributed by atoms with van der Waals surface area (Å²) in [6, 6.07) is 10.9. The molecular formula is C24H34FN3O. The van der Waals surface area contributed by atoms with Gasteiger partial charge in [-0.2, -0.15) is 0 Å². The molecule has 1 saturated heterocycles. The van der Waals surface area contributed by atoms with Crippen LogP contribution in [0.5, 0.6) is 0 Å². The van der Waals surface area contributed by atoms with E-state index in [0.717, 1.165) is 23.2 Å². The van der Waals surface area contributed by atoms with Crippen LogP contribution < -0.4 is 10.6 Å². The van der Waals surface area contributed by atoms with Crippen LogP contribution in [0.2, 0.25) is 0 Å². The first-order chi connectivity index (χ1) is 14.2. The van der Waals surface area contributed by atoms with Crippen molar-refractivity contribution in [3.05, 3.63) is 60.2 Å². The number of hydrogen-bond donors (Lipinski definition) is 2. The second kappa shape index (κ2) is 7.62. The van der Waals surface area contributed by atoms with Gasteiger partial charge in [0.1, 0.15) is 5.82 Å². The fraction of sp³-hybridized carbons (Fsp3) is 0.417. The van der Waals surface area contributed by atoms with E-state index in [4.69, 9.17) is 0 Å². The van der Waals surface area contributed by atoms with Crippen molar-refractivity contribution in [2.75, 3.05) is 0 Å². The highest BCUT2D eigenvalue weighted by Gasteiger charge is 2.47. The minimum Gasteiger partial charge on any atom is -0.333 e. The van der Waals surface area contributed by atoms with Gasteiger partial charge in [0.15, 0.2) is 0 Å². The van der Waals surface area contributed by atoms with Crippen LogP contribution in [0.3, 0.4) is 0 Å². The van der Waals surface area contributed by atoms with E-state index in [2.05, 4.69) is 27.8 Å². The van der Waals surface area contributed by atoms with Crippen molar-refractivity contribution < 1.29 is 14.9 Å². The van der Waals surface area contributed by atoms with E-state index in [-0.39, 0.29) is 29.6 Å². The van der Waals surface area contributed by atoms with Gasteiger partial charge in [-0.25, -0.2) is 9.18 Å². The van der Waals surface area contributed by atoms with Crippen molar-refractivity contribution in [3.63, 3.8) is 0 Å². The lowest BCUT2D eigenvalue weighted by atomic mass is 9.62. The molecule has 5 rings (SSSR count). The zero-order valence-electron chi connectivity index (χ0n) is 16.4. The van der Waals surface area contributed by atoms with Crippen molar-refractivity contribution in [2.45, 2.75) is 44.2 Å². The molecule has 2 amide bonds. The molecule has 5 heteroatoms. The summed E-state index contributed by atoms with van der Waals surface area (Å²) in [6.45, 7) is 0. The van der Waals surface area contributed by atoms with E-state index in [1.165, 1.54) is 37.8 Å². The number of nitrogens with zero attached hydrogens (tertiary/aromatic N) is 1. The van der Waals surface area contributed by atoms with Crippen molar-refractivity contribution in [1.29, 1.82) is 0 Å². The molecule has 2 aliphatic carbocycles. The first-order valence-corrected chi connectivity index (χ1v) is 10.6. The van der Waals surface area contributed by atoms with E-state index in [1.807, 2.05) is 18.2 Å². The maximum Gasteiger partial charge on any atom is 0.315 e. The molecule has 2 N–H and O–H groups in total. The van der Waals surface area contributed by atoms with Gasteiger partial charge >= 0.3 is 6.03 Å². The maximum absolute atomic E-state index is 13.5. The van der Waals surface area contributed by atoms with Gasteiger partial charge in [-0.1, -0.05) is 43.5 Å². The Hall–Kier alpha value is -2.69. The van der Waals surface area contributed by atoms with Crippen molar-refractivity contribution in [2.24, 2.45) is 17.8 Å². The number of amides is 2. The lowest BCUT2D eigenvalue weighted by Crippen LogP contribution is -2.51. The van der Waals surface area contributed by atoms with Crippen LogP contribution in [-0.4, -0.2) is 23.1 Å². The van der Waals surface area contributed by atoms with Gasteiger partial charge in [0.2, 0.25) is 0 Å². The van der Waals surface area contributed by atoms with Gasteiger partial charge in [0, 0.05) is 23.4 Å². The second-order valence-electron chi connectivity index (χ2n) is 8.61. The van der Waals surface area contributed by atoms with Gasteiger partial charge in [-0.15, -0.1) is 0 Å². The summed E-state index contributed by atoms with van der Waals surface area (Å²) in [5, 5.41) is 6.27. The molecule has 2 unspecified atom stereocenters. The Morgan fingerprint density at radius 3 is 2.83 bits per heavy atom. The van der Waals surface area contributed by atoms with Gasteiger partial charge in [0.25, 0.3) is 0 Å². The Morgan fingerprint density at radius 1 is 1.10 bits per heavy atom. The molecule has 0 radical (unpaired) electrons. The molecule has 3 aliphatic rings. The van der Waals surface area contributed by atoms with Crippen LogP contribution in [0.25, 0.3) is 17.2 Å². The van der Waals surface area contributed by atoms with Crippen LogP contribution in [0.1, 0.15) is 43.5 Å². The fourth-order valence-electron chi connectivity index (χ4n) is 5.56. The molecule has 158 valence electrons. The quantitative estimate of drug-likeness (QED) is 0.689. The highest BCUT2D eigenvalue weighted by Crippen LogP contribution is 2.45. The Morgan fingerprint density at radius 2 is 2.00 bits per heavy atom. The molecule has 1 aliphatic heterocycles. The zero-order valence-corrected chi connectivity index (χ0v) is 16.4. The fourth-order valence-corrected chi connectivity index (χ4v) is 5.56. The standard InChI is InChI=1S/C24H26FN3O.4H2/c25-18-6-3-5-15(12-18)17-8-9-19(26-14-17)10-11-21-20-7-2-1-4-16(20)13-22-23(21)28-24(29)27-22;;;;/h3,5-6,8-12,14,16,20-23H,1-2,4,7,13H2,(H2,27,28,29);4*1H/b11-10+;;;;/t16-,20?,21-,22-,23?;;;;/m0..../s1. The smallest absolute Gasteiger partial charge is 0.315 e. The number of aromatic nitrogens is 1. The number of halogens is 1. The Bertz CT molecular complexity index is 944. The Balaban J connectivity index is 0.00000136. The van der Waals surface area contributed by atoms with Gasteiger partial charge < -0.3 is 10.6 Å². The minimum absolute atomic E-state index is 0. The van der Waals surface area contributed by atoms with Crippen LogP contribution in [0, 0.1) is 23.6 Å². The molecule has 0 bridgehead atoms. The first-order valence-electron chi connectivity index (χ1n) is 10.6. The van der Waals surface area contributed by atoms with Crippen LogP contribution in [0.15, 0.2) is 48.7 Å². The highest BCUT2D eigenvalue weighted by atomic mass is 19.1. The maximum atomic E-state index is 13.5. The third kappa shape index (κ3) is 3.66. The predicted octanol–water partition coefficient (Wildman–Crippen LogP) is 5.76. The summed E-state index contributed by atoms with van der Waals surface area (Å²) >= 11 is 0. The SMILES string of the molecule is O=C1NC2[C@@H](/C=C/c3ccc(-c4cccc(F)c4)cn3)C3CCCC[C@H]3C[C@@H]2N1.[HH].[HH].[HH].[HH]. The average molecular weight is 400 g/mol. The number of urea groups is 1. The number of benzene rings is 1. The molecule has 4 nitrogen and oxygen atoms in total. The minimum atomic E-state index is -0.243. The second-order valence-corrected chi connectivity index (χ2v) is 8.61. The van der Waals surface area contributed by atoms with E-state index in [9.17, 15) is 9.18 Å². The highest BCUT2D eigenvalue weighted by molar-refractivity contribution is 5.77. The zero-order chi connectivity index (χ0) is 19.8. The molecule has 3 fully saturated rings. The van der Waals surface area contributed by atoms with Crippen molar-refractivity contribution in [3.8, 4) is 11.1 Å². The monoisotopic (exact) mass is 399 g/mol. The molecule has 2 aromatic rings. The first kappa shape index (κ1) is 18.3. The number of carbonyl (C=O) groups is 1. The van der Waals surface area contributed by atoms with Crippen LogP contribution in [-0.2, 0) is 0 Å². The van der Waals surface area contributed by atoms with Gasteiger partial charge in [-0.3, -0.25) is 4.98 Å². The van der Waals surface area contributed by atoms with Crippen molar-refractivity contribution >= 4 is 12.1 Å². The third-order valence-electron chi connectivity index (χ3n) is 6.91. The summed E-state index contributed by atoms with van der Waals surface area (Å²) in [6.07, 6.45) is 12.3. The molecular weight excluding hydrogens is 365 g/mol. The van der Waals surface area contributed by atoms with E-state index in [1.54, 1.807) is 12.3 Å². The Labute approximate surface area is 176 Å². The summed E-state index contributed by atoms with van der Waals surface area (Å²) in [5.41, 5.74) is 2.61. The molecule has 2 saturated carbocycles. The molecule has 1 aromatic carbocycles.